The Kier molecular flexibility index (Phi) is 5.82. The van der Waals surface area contributed by atoms with Gasteiger partial charge in [0.05, 0.1) is 24.3 Å². The summed E-state index contributed by atoms with van der Waals surface area (Å²) in [5.41, 5.74) is 2.58. The van der Waals surface area contributed by atoms with Gasteiger partial charge in [0.1, 0.15) is 29.2 Å². The highest BCUT2D eigenvalue weighted by molar-refractivity contribution is 6.10. The number of carbonyl (C=O) groups excluding carboxylic acids is 1. The molecular weight excluding hydrogens is 378 g/mol. The van der Waals surface area contributed by atoms with Crippen molar-refractivity contribution in [3.05, 3.63) is 53.6 Å². The van der Waals surface area contributed by atoms with E-state index < -0.39 is 5.97 Å². The van der Waals surface area contributed by atoms with E-state index in [1.165, 1.54) is 24.2 Å². The number of esters is 1. The number of ether oxygens (including phenoxy) is 1. The molecule has 0 unspecified atom stereocenters. The predicted octanol–water partition coefficient (Wildman–Crippen LogP) is 4.33. The summed E-state index contributed by atoms with van der Waals surface area (Å²) in [7, 11) is 0. The lowest BCUT2D eigenvalue weighted by Gasteiger charge is -2.36. The number of rotatable bonds is 5. The fourth-order valence-electron chi connectivity index (χ4n) is 4.76. The Morgan fingerprint density at radius 1 is 1.13 bits per heavy atom. The van der Waals surface area contributed by atoms with E-state index in [-0.39, 0.29) is 12.4 Å². The van der Waals surface area contributed by atoms with Gasteiger partial charge in [0.25, 0.3) is 0 Å². The summed E-state index contributed by atoms with van der Waals surface area (Å²) in [6.45, 7) is 7.24. The average Bonchev–Trinajstić information content (AvgIpc) is 3.13. The van der Waals surface area contributed by atoms with E-state index in [9.17, 15) is 9.90 Å². The van der Waals surface area contributed by atoms with Crippen LogP contribution in [0, 0.1) is 0 Å². The van der Waals surface area contributed by atoms with Gasteiger partial charge in [0.15, 0.2) is 0 Å². The maximum absolute atomic E-state index is 13.0. The summed E-state index contributed by atoms with van der Waals surface area (Å²) >= 11 is 0. The Bertz CT molecular complexity index is 1030. The lowest BCUT2D eigenvalue weighted by atomic mass is 9.95. The number of phenols is 1. The van der Waals surface area contributed by atoms with Crippen molar-refractivity contribution in [3.63, 3.8) is 0 Å². The highest BCUT2D eigenvalue weighted by Crippen LogP contribution is 2.39. The van der Waals surface area contributed by atoms with E-state index >= 15 is 0 Å². The number of aromatic hydroxyl groups is 1. The van der Waals surface area contributed by atoms with Crippen LogP contribution in [0.2, 0.25) is 0 Å². The summed E-state index contributed by atoms with van der Waals surface area (Å²) < 4.78 is 11.6. The lowest BCUT2D eigenvalue weighted by molar-refractivity contribution is -0.964. The number of quaternary nitrogens is 1. The molecule has 1 fully saturated rings. The fraction of sp³-hybridized carbons (Fsp3) is 0.400. The number of furan rings is 1. The van der Waals surface area contributed by atoms with Gasteiger partial charge in [-0.05, 0) is 52.2 Å². The molecule has 1 aliphatic heterocycles. The third-order valence-corrected chi connectivity index (χ3v) is 6.38. The number of hydrogen-bond acceptors (Lipinski definition) is 4. The van der Waals surface area contributed by atoms with E-state index in [4.69, 9.17) is 9.15 Å². The molecule has 1 saturated heterocycles. The Labute approximate surface area is 177 Å². The minimum absolute atomic E-state index is 0.200. The van der Waals surface area contributed by atoms with Crippen LogP contribution in [-0.4, -0.2) is 29.8 Å². The summed E-state index contributed by atoms with van der Waals surface area (Å²) in [6.07, 6.45) is 3.57. The van der Waals surface area contributed by atoms with Crippen molar-refractivity contribution in [1.82, 2.24) is 0 Å². The van der Waals surface area contributed by atoms with Gasteiger partial charge in [-0.2, -0.15) is 0 Å². The molecule has 158 valence electrons. The largest absolute Gasteiger partial charge is 0.507 e. The van der Waals surface area contributed by atoms with Gasteiger partial charge < -0.3 is 19.2 Å². The molecule has 1 aromatic heterocycles. The number of nitrogens with one attached hydrogen (secondary N) is 1. The maximum Gasteiger partial charge on any atom is 0.342 e. The summed E-state index contributed by atoms with van der Waals surface area (Å²) in [5.74, 6) is 0.272. The minimum atomic E-state index is -0.420. The van der Waals surface area contributed by atoms with Crippen LogP contribution in [-0.2, 0) is 11.3 Å². The maximum atomic E-state index is 13.0. The molecule has 2 heterocycles. The van der Waals surface area contributed by atoms with Crippen LogP contribution in [0.3, 0.4) is 0 Å². The second kappa shape index (κ2) is 8.52. The second-order valence-corrected chi connectivity index (χ2v) is 8.31. The smallest absolute Gasteiger partial charge is 0.342 e. The number of benzene rings is 2. The molecule has 5 nitrogen and oxygen atoms in total. The van der Waals surface area contributed by atoms with E-state index in [1.807, 2.05) is 30.3 Å². The third kappa shape index (κ3) is 3.70. The fourth-order valence-corrected chi connectivity index (χ4v) is 4.76. The first kappa shape index (κ1) is 20.5. The van der Waals surface area contributed by atoms with Gasteiger partial charge in [0, 0.05) is 10.9 Å². The van der Waals surface area contributed by atoms with Crippen LogP contribution < -0.4 is 4.90 Å². The van der Waals surface area contributed by atoms with Crippen LogP contribution in [0.25, 0.3) is 22.3 Å². The summed E-state index contributed by atoms with van der Waals surface area (Å²) in [6, 6.07) is 14.0. The van der Waals surface area contributed by atoms with E-state index in [2.05, 4.69) is 13.8 Å². The van der Waals surface area contributed by atoms with Crippen molar-refractivity contribution in [3.8, 4) is 17.1 Å². The molecule has 0 aliphatic carbocycles. The molecule has 4 rings (SSSR count). The number of carbonyl (C=O) groups is 1. The first-order valence-electron chi connectivity index (χ1n) is 10.9. The number of likely N-dealkylation sites (tertiary alicyclic amines) is 1. The lowest BCUT2D eigenvalue weighted by Crippen LogP contribution is -3.18. The first-order chi connectivity index (χ1) is 14.5. The highest BCUT2D eigenvalue weighted by Gasteiger charge is 2.32. The van der Waals surface area contributed by atoms with Crippen LogP contribution in [0.4, 0.5) is 0 Å². The topological polar surface area (TPSA) is 64.1 Å². The monoisotopic (exact) mass is 408 g/mol. The van der Waals surface area contributed by atoms with Crippen LogP contribution in [0.5, 0.6) is 5.75 Å². The Morgan fingerprint density at radius 3 is 2.50 bits per heavy atom. The van der Waals surface area contributed by atoms with E-state index in [0.717, 1.165) is 11.1 Å². The van der Waals surface area contributed by atoms with E-state index in [1.54, 1.807) is 19.1 Å². The summed E-state index contributed by atoms with van der Waals surface area (Å²) in [5, 5.41) is 11.5. The zero-order chi connectivity index (χ0) is 21.3. The van der Waals surface area contributed by atoms with Gasteiger partial charge in [-0.1, -0.05) is 30.3 Å². The average molecular weight is 409 g/mol. The van der Waals surface area contributed by atoms with Crippen molar-refractivity contribution in [2.75, 3.05) is 6.61 Å². The Hall–Kier alpha value is -2.79. The molecule has 2 aromatic carbocycles. The number of fused-ring (bicyclic) bond motifs is 1. The highest BCUT2D eigenvalue weighted by atomic mass is 16.5. The molecule has 1 aliphatic rings. The van der Waals surface area contributed by atoms with E-state index in [0.29, 0.717) is 40.9 Å². The molecule has 5 heteroatoms. The van der Waals surface area contributed by atoms with Gasteiger partial charge in [-0.25, -0.2) is 4.79 Å². The van der Waals surface area contributed by atoms with Crippen molar-refractivity contribution < 1.29 is 24.0 Å². The zero-order valence-corrected chi connectivity index (χ0v) is 17.9. The molecule has 2 N–H and O–H groups in total. The normalized spacial score (nSPS) is 19.8. The number of piperidine rings is 1. The van der Waals surface area contributed by atoms with Crippen molar-refractivity contribution >= 4 is 16.9 Å². The van der Waals surface area contributed by atoms with Crippen molar-refractivity contribution in [2.24, 2.45) is 0 Å². The molecule has 0 amide bonds. The third-order valence-electron chi connectivity index (χ3n) is 6.38. The molecule has 0 radical (unpaired) electrons. The molecule has 2 atom stereocenters. The molecular formula is C25H30NO4+. The number of hydrogen-bond donors (Lipinski definition) is 2. The second-order valence-electron chi connectivity index (χ2n) is 8.31. The molecule has 30 heavy (non-hydrogen) atoms. The van der Waals surface area contributed by atoms with Gasteiger partial charge in [-0.15, -0.1) is 0 Å². The van der Waals surface area contributed by atoms with Crippen LogP contribution in [0.1, 0.15) is 56.0 Å². The standard InChI is InChI=1S/C25H29NO4/c1-4-29-25(28)23-22-19(15-26-16(2)9-8-10-17(26)3)20(27)13-14-21(22)30-24(23)18-11-6-5-7-12-18/h5-7,11-14,16-17,27H,4,8-10,15H2,1-3H3/p+1/t16-,17-/m0/s1. The number of phenolic OH excluding ortho intramolecular Hbond substituents is 1. The van der Waals surface area contributed by atoms with Crippen molar-refractivity contribution in [1.29, 1.82) is 0 Å². The van der Waals surface area contributed by atoms with Crippen molar-refractivity contribution in [2.45, 2.75) is 58.7 Å². The van der Waals surface area contributed by atoms with Gasteiger partial charge in [0.2, 0.25) is 0 Å². The Morgan fingerprint density at radius 2 is 1.83 bits per heavy atom. The minimum Gasteiger partial charge on any atom is -0.507 e. The quantitative estimate of drug-likeness (QED) is 0.617. The summed E-state index contributed by atoms with van der Waals surface area (Å²) in [4.78, 5) is 14.5. The zero-order valence-electron chi connectivity index (χ0n) is 17.9. The van der Waals surface area contributed by atoms with Gasteiger partial charge in [-0.3, -0.25) is 0 Å². The van der Waals surface area contributed by atoms with Crippen LogP contribution in [0.15, 0.2) is 46.9 Å². The molecule has 0 bridgehead atoms. The van der Waals surface area contributed by atoms with Crippen LogP contribution >= 0.6 is 0 Å². The molecule has 3 aromatic rings. The predicted molar refractivity (Wildman–Crippen MR) is 117 cm³/mol. The van der Waals surface area contributed by atoms with Gasteiger partial charge >= 0.3 is 5.97 Å². The molecule has 0 saturated carbocycles. The molecule has 0 spiro atoms. The first-order valence-corrected chi connectivity index (χ1v) is 10.9. The SMILES string of the molecule is CCOC(=O)c1c(-c2ccccc2)oc2ccc(O)c(C[NH+]3[C@@H](C)CCC[C@@H]3C)c12. The Balaban J connectivity index is 1.91.